The van der Waals surface area contributed by atoms with E-state index in [0.717, 1.165) is 31.5 Å². The number of rotatable bonds is 4. The molecule has 0 radical (unpaired) electrons. The Balaban J connectivity index is 2.15. The molecular formula is C13H20N4O2. The van der Waals surface area contributed by atoms with Crippen LogP contribution in [0.1, 0.15) is 31.4 Å². The van der Waals surface area contributed by atoms with Gasteiger partial charge in [-0.25, -0.2) is 0 Å². The topological polar surface area (TPSA) is 95.0 Å². The first-order valence-electron chi connectivity index (χ1n) is 6.57. The molecule has 4 N–H and O–H groups in total. The maximum atomic E-state index is 9.13. The summed E-state index contributed by atoms with van der Waals surface area (Å²) in [5, 5.41) is 20.7. The third kappa shape index (κ3) is 3.14. The molecule has 2 heterocycles. The number of oxime groups is 1. The van der Waals surface area contributed by atoms with Crippen molar-refractivity contribution >= 4 is 11.5 Å². The predicted molar refractivity (Wildman–Crippen MR) is 73.4 cm³/mol. The number of nitrogens with two attached hydrogens (primary N) is 1. The summed E-state index contributed by atoms with van der Waals surface area (Å²) in [5.74, 6) is 0.0112. The Morgan fingerprint density at radius 1 is 1.47 bits per heavy atom. The monoisotopic (exact) mass is 264 g/mol. The number of hydrogen-bond donors (Lipinski definition) is 3. The van der Waals surface area contributed by atoms with E-state index < -0.39 is 0 Å². The van der Waals surface area contributed by atoms with Gasteiger partial charge in [0.2, 0.25) is 0 Å². The van der Waals surface area contributed by atoms with Crippen LogP contribution in [-0.4, -0.2) is 40.3 Å². The van der Waals surface area contributed by atoms with E-state index in [4.69, 9.17) is 16.0 Å². The fourth-order valence-corrected chi connectivity index (χ4v) is 2.55. The van der Waals surface area contributed by atoms with Crippen LogP contribution in [0.3, 0.4) is 0 Å². The molecular weight excluding hydrogens is 244 g/mol. The van der Waals surface area contributed by atoms with Gasteiger partial charge in [0, 0.05) is 19.2 Å². The lowest BCUT2D eigenvalue weighted by molar-refractivity contribution is 0.262. The van der Waals surface area contributed by atoms with Gasteiger partial charge in [0.05, 0.1) is 11.9 Å². The van der Waals surface area contributed by atoms with Gasteiger partial charge in [0.15, 0.2) is 5.84 Å². The quantitative estimate of drug-likeness (QED) is 0.325. The van der Waals surface area contributed by atoms with E-state index in [9.17, 15) is 0 Å². The number of aliphatic hydroxyl groups is 1. The van der Waals surface area contributed by atoms with Crippen molar-refractivity contribution < 1.29 is 10.3 Å². The summed E-state index contributed by atoms with van der Waals surface area (Å²) < 4.78 is 0. The number of amidine groups is 1. The van der Waals surface area contributed by atoms with Crippen LogP contribution < -0.4 is 10.6 Å². The van der Waals surface area contributed by atoms with Crippen LogP contribution in [0.2, 0.25) is 0 Å². The first-order valence-corrected chi connectivity index (χ1v) is 6.57. The molecule has 6 heteroatoms. The van der Waals surface area contributed by atoms with E-state index >= 15 is 0 Å². The lowest BCUT2D eigenvalue weighted by Gasteiger charge is -2.37. The number of anilines is 1. The van der Waals surface area contributed by atoms with Crippen molar-refractivity contribution in [2.45, 2.75) is 31.7 Å². The normalized spacial score (nSPS) is 20.6. The van der Waals surface area contributed by atoms with Crippen molar-refractivity contribution in [2.24, 2.45) is 10.9 Å². The van der Waals surface area contributed by atoms with Gasteiger partial charge in [-0.3, -0.25) is 4.98 Å². The highest BCUT2D eigenvalue weighted by Crippen LogP contribution is 2.25. The number of piperidine rings is 1. The maximum absolute atomic E-state index is 9.13. The third-order valence-electron chi connectivity index (χ3n) is 3.54. The van der Waals surface area contributed by atoms with Gasteiger partial charge in [-0.2, -0.15) is 0 Å². The lowest BCUT2D eigenvalue weighted by Crippen LogP contribution is -2.40. The summed E-state index contributed by atoms with van der Waals surface area (Å²) in [4.78, 5) is 6.48. The smallest absolute Gasteiger partial charge is 0.188 e. The molecule has 0 amide bonds. The van der Waals surface area contributed by atoms with Gasteiger partial charge in [-0.15, -0.1) is 0 Å². The van der Waals surface area contributed by atoms with Crippen LogP contribution in [0, 0.1) is 0 Å². The SMILES string of the molecule is N/C(=N/O)c1ccc(N2CCCCC2CCO)cn1. The minimum absolute atomic E-state index is 0.0112. The summed E-state index contributed by atoms with van der Waals surface area (Å²) in [5.41, 5.74) is 6.97. The van der Waals surface area contributed by atoms with Crippen LogP contribution in [0.15, 0.2) is 23.5 Å². The van der Waals surface area contributed by atoms with Gasteiger partial charge < -0.3 is 20.9 Å². The lowest BCUT2D eigenvalue weighted by atomic mass is 9.99. The number of nitrogens with zero attached hydrogens (tertiary/aromatic N) is 3. The van der Waals surface area contributed by atoms with Crippen molar-refractivity contribution in [3.63, 3.8) is 0 Å². The standard InChI is InChI=1S/C13H20N4O2/c14-13(16-19)12-5-4-11(9-15-12)17-7-2-1-3-10(17)6-8-18/h4-5,9-10,18-19H,1-3,6-8H2,(H2,14,16). The first-order chi connectivity index (χ1) is 9.26. The summed E-state index contributed by atoms with van der Waals surface area (Å²) in [7, 11) is 0. The Bertz CT molecular complexity index is 431. The molecule has 2 rings (SSSR count). The second-order valence-corrected chi connectivity index (χ2v) is 4.74. The fourth-order valence-electron chi connectivity index (χ4n) is 2.55. The largest absolute Gasteiger partial charge is 0.409 e. The summed E-state index contributed by atoms with van der Waals surface area (Å²) in [6.07, 6.45) is 5.98. The van der Waals surface area contributed by atoms with Gasteiger partial charge in [-0.05, 0) is 37.8 Å². The molecule has 0 aliphatic carbocycles. The third-order valence-corrected chi connectivity index (χ3v) is 3.54. The molecule has 1 fully saturated rings. The minimum Gasteiger partial charge on any atom is -0.409 e. The average molecular weight is 264 g/mol. The number of hydrogen-bond acceptors (Lipinski definition) is 5. The number of aliphatic hydroxyl groups excluding tert-OH is 1. The molecule has 0 aromatic carbocycles. The number of pyridine rings is 1. The predicted octanol–water partition coefficient (Wildman–Crippen LogP) is 0.917. The van der Waals surface area contributed by atoms with Crippen LogP contribution in [0.5, 0.6) is 0 Å². The van der Waals surface area contributed by atoms with E-state index in [0.29, 0.717) is 11.7 Å². The van der Waals surface area contributed by atoms with E-state index in [1.54, 1.807) is 12.3 Å². The van der Waals surface area contributed by atoms with Gasteiger partial charge >= 0.3 is 0 Å². The molecule has 0 bridgehead atoms. The zero-order chi connectivity index (χ0) is 13.7. The molecule has 19 heavy (non-hydrogen) atoms. The second kappa shape index (κ2) is 6.38. The van der Waals surface area contributed by atoms with E-state index in [1.807, 2.05) is 6.07 Å². The van der Waals surface area contributed by atoms with Crippen molar-refractivity contribution in [1.29, 1.82) is 0 Å². The fraction of sp³-hybridized carbons (Fsp3) is 0.538. The van der Waals surface area contributed by atoms with Crippen molar-refractivity contribution in [3.8, 4) is 0 Å². The summed E-state index contributed by atoms with van der Waals surface area (Å²) in [6, 6.07) is 4.04. The Morgan fingerprint density at radius 3 is 2.95 bits per heavy atom. The van der Waals surface area contributed by atoms with Crippen LogP contribution >= 0.6 is 0 Å². The average Bonchev–Trinajstić information content (AvgIpc) is 2.47. The van der Waals surface area contributed by atoms with Crippen molar-refractivity contribution in [1.82, 2.24) is 4.98 Å². The van der Waals surface area contributed by atoms with E-state index in [1.165, 1.54) is 6.42 Å². The Labute approximate surface area is 112 Å². The van der Waals surface area contributed by atoms with Crippen LogP contribution in [0.4, 0.5) is 5.69 Å². The second-order valence-electron chi connectivity index (χ2n) is 4.74. The molecule has 1 saturated heterocycles. The molecule has 0 spiro atoms. The molecule has 104 valence electrons. The van der Waals surface area contributed by atoms with Crippen molar-refractivity contribution in [2.75, 3.05) is 18.1 Å². The zero-order valence-corrected chi connectivity index (χ0v) is 10.9. The molecule has 1 aliphatic heterocycles. The van der Waals surface area contributed by atoms with E-state index in [2.05, 4.69) is 15.0 Å². The zero-order valence-electron chi connectivity index (χ0n) is 10.9. The first kappa shape index (κ1) is 13.6. The van der Waals surface area contributed by atoms with Gasteiger partial charge in [0.25, 0.3) is 0 Å². The molecule has 1 aromatic rings. The van der Waals surface area contributed by atoms with Crippen LogP contribution in [0.25, 0.3) is 0 Å². The highest BCUT2D eigenvalue weighted by molar-refractivity contribution is 5.95. The van der Waals surface area contributed by atoms with Crippen molar-refractivity contribution in [3.05, 3.63) is 24.0 Å². The molecule has 1 aliphatic rings. The Hall–Kier alpha value is -1.82. The summed E-state index contributed by atoms with van der Waals surface area (Å²) in [6.45, 7) is 1.19. The highest BCUT2D eigenvalue weighted by atomic mass is 16.4. The van der Waals surface area contributed by atoms with Crippen LogP contribution in [-0.2, 0) is 0 Å². The van der Waals surface area contributed by atoms with Gasteiger partial charge in [-0.1, -0.05) is 5.16 Å². The van der Waals surface area contributed by atoms with Gasteiger partial charge in [0.1, 0.15) is 5.69 Å². The van der Waals surface area contributed by atoms with E-state index in [-0.39, 0.29) is 12.4 Å². The molecule has 1 aromatic heterocycles. The molecule has 6 nitrogen and oxygen atoms in total. The molecule has 1 unspecified atom stereocenters. The number of aromatic nitrogens is 1. The minimum atomic E-state index is 0.0112. The molecule has 0 saturated carbocycles. The Kier molecular flexibility index (Phi) is 4.57. The maximum Gasteiger partial charge on any atom is 0.188 e. The Morgan fingerprint density at radius 2 is 2.32 bits per heavy atom. The molecule has 1 atom stereocenters. The highest BCUT2D eigenvalue weighted by Gasteiger charge is 2.22. The summed E-state index contributed by atoms with van der Waals surface area (Å²) >= 11 is 0.